The molecule has 27 heavy (non-hydrogen) atoms. The fourth-order valence-electron chi connectivity index (χ4n) is 3.19. The van der Waals surface area contributed by atoms with Crippen molar-refractivity contribution < 1.29 is 22.8 Å². The smallest absolute Gasteiger partial charge is 0.384 e. The van der Waals surface area contributed by atoms with Gasteiger partial charge in [0.15, 0.2) is 0 Å². The first-order valence-electron chi connectivity index (χ1n) is 9.18. The van der Waals surface area contributed by atoms with Crippen molar-refractivity contribution in [3.05, 3.63) is 35.4 Å². The van der Waals surface area contributed by atoms with E-state index in [0.717, 1.165) is 33.4 Å². The highest BCUT2D eigenvalue weighted by Gasteiger charge is 2.22. The third-order valence-corrected chi connectivity index (χ3v) is 5.05. The van der Waals surface area contributed by atoms with Gasteiger partial charge in [0.1, 0.15) is 22.7 Å². The molecule has 0 fully saturated rings. The Morgan fingerprint density at radius 2 is 1.41 bits per heavy atom. The van der Waals surface area contributed by atoms with Gasteiger partial charge in [-0.2, -0.15) is 0 Å². The summed E-state index contributed by atoms with van der Waals surface area (Å²) in [5.74, 6) is 1.52. The number of benzene rings is 2. The molecule has 1 heterocycles. The van der Waals surface area contributed by atoms with E-state index in [0.29, 0.717) is 24.4 Å². The van der Waals surface area contributed by atoms with Crippen LogP contribution in [0.25, 0.3) is 21.9 Å². The largest absolute Gasteiger partial charge is 0.494 e. The molecule has 6 heteroatoms. The molecule has 0 aliphatic rings. The van der Waals surface area contributed by atoms with Gasteiger partial charge in [-0.05, 0) is 56.0 Å². The van der Waals surface area contributed by atoms with E-state index in [2.05, 4.69) is 20.8 Å². The second kappa shape index (κ2) is 7.49. The summed E-state index contributed by atoms with van der Waals surface area (Å²) in [5, 5.41) is 1.67. The van der Waals surface area contributed by atoms with E-state index in [4.69, 9.17) is 17.9 Å². The number of ether oxygens (including phenoxy) is 2. The predicted octanol–water partition coefficient (Wildman–Crippen LogP) is 6.45. The Morgan fingerprint density at radius 1 is 0.889 bits per heavy atom. The van der Waals surface area contributed by atoms with Crippen LogP contribution in [-0.4, -0.2) is 18.1 Å². The number of fused-ring (bicyclic) bond motifs is 3. The lowest BCUT2D eigenvalue weighted by Gasteiger charge is -2.21. The summed E-state index contributed by atoms with van der Waals surface area (Å²) >= 11 is 0. The maximum Gasteiger partial charge on any atom is 0.384 e. The lowest BCUT2D eigenvalue weighted by molar-refractivity contribution is 0.339. The first-order valence-corrected chi connectivity index (χ1v) is 10.3. The average molecular weight is 390 g/mol. The molecule has 0 radical (unpaired) electrons. The van der Waals surface area contributed by atoms with E-state index in [1.54, 1.807) is 0 Å². The molecule has 1 unspecified atom stereocenters. The maximum absolute atomic E-state index is 10.4. The van der Waals surface area contributed by atoms with Gasteiger partial charge in [0.2, 0.25) is 0 Å². The molecule has 3 aromatic rings. The third kappa shape index (κ3) is 3.95. The summed E-state index contributed by atoms with van der Waals surface area (Å²) in [7, 11) is -2.09. The highest BCUT2D eigenvalue weighted by Crippen LogP contribution is 2.41. The number of rotatable bonds is 4. The Hall–Kier alpha value is -2.10. The predicted molar refractivity (Wildman–Crippen MR) is 110 cm³/mol. The van der Waals surface area contributed by atoms with E-state index in [1.807, 2.05) is 45.0 Å². The van der Waals surface area contributed by atoms with Crippen LogP contribution in [0.1, 0.15) is 45.7 Å². The standard InChI is InChI=1S/C21H27O5P/c1-7-23-14-9-13(3)19-16(10-14)17-11-15(24-8-2)12-18(21(4,5)6)20(17)26-27(22)25-19/h9-12,22H,7-8H2,1-6H3. The van der Waals surface area contributed by atoms with E-state index < -0.39 is 8.24 Å². The van der Waals surface area contributed by atoms with E-state index in [-0.39, 0.29) is 5.41 Å². The molecular formula is C21H27O5P. The summed E-state index contributed by atoms with van der Waals surface area (Å²) in [4.78, 5) is 10.4. The normalized spacial score (nSPS) is 12.5. The quantitative estimate of drug-likeness (QED) is 0.555. The van der Waals surface area contributed by atoms with Crippen LogP contribution in [-0.2, 0) is 5.41 Å². The summed E-state index contributed by atoms with van der Waals surface area (Å²) < 4.78 is 23.2. The second-order valence-electron chi connectivity index (χ2n) is 7.50. The van der Waals surface area contributed by atoms with Gasteiger partial charge in [0, 0.05) is 16.3 Å². The Morgan fingerprint density at radius 3 is 1.96 bits per heavy atom. The minimum Gasteiger partial charge on any atom is -0.494 e. The molecule has 0 aliphatic carbocycles. The first kappa shape index (κ1) is 19.7. The molecule has 0 bridgehead atoms. The van der Waals surface area contributed by atoms with Crippen LogP contribution in [0, 0.1) is 6.92 Å². The lowest BCUT2D eigenvalue weighted by Crippen LogP contribution is -2.12. The molecule has 5 nitrogen and oxygen atoms in total. The topological polar surface area (TPSA) is 65.0 Å². The molecule has 3 rings (SSSR count). The average Bonchev–Trinajstić information content (AvgIpc) is 2.71. The van der Waals surface area contributed by atoms with Gasteiger partial charge >= 0.3 is 8.24 Å². The summed E-state index contributed by atoms with van der Waals surface area (Å²) in [6.07, 6.45) is 0. The van der Waals surface area contributed by atoms with Gasteiger partial charge in [0.25, 0.3) is 0 Å². The molecule has 0 saturated heterocycles. The van der Waals surface area contributed by atoms with Crippen molar-refractivity contribution in [2.24, 2.45) is 0 Å². The molecule has 1 aromatic heterocycles. The summed E-state index contributed by atoms with van der Waals surface area (Å²) in [6, 6.07) is 7.77. The Labute approximate surface area is 160 Å². The summed E-state index contributed by atoms with van der Waals surface area (Å²) in [6.45, 7) is 13.3. The van der Waals surface area contributed by atoms with E-state index in [1.165, 1.54) is 0 Å². The zero-order valence-electron chi connectivity index (χ0n) is 16.8. The summed E-state index contributed by atoms with van der Waals surface area (Å²) in [5.41, 5.74) is 2.88. The lowest BCUT2D eigenvalue weighted by atomic mass is 9.85. The molecule has 0 spiro atoms. The van der Waals surface area contributed by atoms with Crippen LogP contribution >= 0.6 is 8.24 Å². The highest BCUT2D eigenvalue weighted by atomic mass is 31.1. The van der Waals surface area contributed by atoms with Crippen LogP contribution in [0.5, 0.6) is 11.5 Å². The van der Waals surface area contributed by atoms with Crippen LogP contribution in [0.2, 0.25) is 0 Å². The van der Waals surface area contributed by atoms with Crippen molar-refractivity contribution >= 4 is 30.2 Å². The monoisotopic (exact) mass is 390 g/mol. The fourth-order valence-corrected chi connectivity index (χ4v) is 3.98. The van der Waals surface area contributed by atoms with Crippen LogP contribution in [0.4, 0.5) is 0 Å². The van der Waals surface area contributed by atoms with Crippen molar-refractivity contribution in [1.82, 2.24) is 0 Å². The molecule has 146 valence electrons. The SMILES string of the molecule is CCOc1cc(C)c2op(O)oc3c(C(C)(C)C)cc(OCC)cc3c2c1. The van der Waals surface area contributed by atoms with Gasteiger partial charge in [-0.1, -0.05) is 20.8 Å². The number of aryl methyl sites for hydroxylation is 1. The first-order chi connectivity index (χ1) is 12.7. The Bertz CT molecular complexity index is 1010. The van der Waals surface area contributed by atoms with Gasteiger partial charge in [-0.25, -0.2) is 0 Å². The third-order valence-electron chi connectivity index (χ3n) is 4.37. The number of hydrogen-bond acceptors (Lipinski definition) is 5. The van der Waals surface area contributed by atoms with Gasteiger partial charge in [0.05, 0.1) is 13.2 Å². The molecule has 1 atom stereocenters. The Balaban J connectivity index is 2.55. The minimum atomic E-state index is -2.09. The molecule has 0 aliphatic heterocycles. The highest BCUT2D eigenvalue weighted by molar-refractivity contribution is 7.30. The molecular weight excluding hydrogens is 363 g/mol. The second-order valence-corrected chi connectivity index (χ2v) is 8.34. The Kier molecular flexibility index (Phi) is 5.45. The van der Waals surface area contributed by atoms with Gasteiger partial charge in [-0.3, -0.25) is 4.89 Å². The van der Waals surface area contributed by atoms with Crippen LogP contribution in [0.3, 0.4) is 0 Å². The van der Waals surface area contributed by atoms with Crippen molar-refractivity contribution in [2.45, 2.75) is 47.0 Å². The zero-order valence-corrected chi connectivity index (χ0v) is 17.6. The zero-order chi connectivity index (χ0) is 19.8. The van der Waals surface area contributed by atoms with Gasteiger partial charge < -0.3 is 17.9 Å². The van der Waals surface area contributed by atoms with Crippen molar-refractivity contribution in [3.63, 3.8) is 0 Å². The van der Waals surface area contributed by atoms with Gasteiger partial charge in [-0.15, -0.1) is 0 Å². The van der Waals surface area contributed by atoms with Crippen molar-refractivity contribution in [3.8, 4) is 11.5 Å². The minimum absolute atomic E-state index is 0.204. The van der Waals surface area contributed by atoms with E-state index >= 15 is 0 Å². The molecule has 1 N–H and O–H groups in total. The maximum atomic E-state index is 10.4. The number of hydrogen-bond donors (Lipinski definition) is 1. The van der Waals surface area contributed by atoms with Crippen molar-refractivity contribution in [2.75, 3.05) is 13.2 Å². The van der Waals surface area contributed by atoms with Crippen LogP contribution in [0.15, 0.2) is 32.7 Å². The molecule has 2 aromatic carbocycles. The van der Waals surface area contributed by atoms with Crippen LogP contribution < -0.4 is 9.47 Å². The van der Waals surface area contributed by atoms with E-state index in [9.17, 15) is 4.89 Å². The molecule has 0 saturated carbocycles. The molecule has 0 amide bonds. The fraction of sp³-hybridized carbons (Fsp3) is 0.429. The van der Waals surface area contributed by atoms with Crippen molar-refractivity contribution in [1.29, 1.82) is 0 Å².